The van der Waals surface area contributed by atoms with E-state index in [1.54, 1.807) is 0 Å². The van der Waals surface area contributed by atoms with E-state index in [1.807, 2.05) is 6.92 Å². The van der Waals surface area contributed by atoms with E-state index in [1.165, 1.54) is 38.5 Å². The molecule has 2 N–H and O–H groups in total. The molecule has 0 unspecified atom stereocenters. The number of aryl methyl sites for hydroxylation is 1. The Kier molecular flexibility index (Phi) is 2.11. The van der Waals surface area contributed by atoms with Crippen LogP contribution in [0.5, 0.6) is 0 Å². The first-order valence-electron chi connectivity index (χ1n) is 6.19. The summed E-state index contributed by atoms with van der Waals surface area (Å²) in [6.07, 6.45) is 7.20. The minimum Gasteiger partial charge on any atom is -0.339 e. The average Bonchev–Trinajstić information content (AvgIpc) is 2.79. The molecule has 3 saturated carbocycles. The highest BCUT2D eigenvalue weighted by molar-refractivity contribution is 5.13. The van der Waals surface area contributed by atoms with Gasteiger partial charge in [0.05, 0.1) is 0 Å². The molecule has 4 nitrogen and oxygen atoms in total. The maximum Gasteiger partial charge on any atom is 0.232 e. The summed E-state index contributed by atoms with van der Waals surface area (Å²) in [6.45, 7) is 2.73. The molecular weight excluding hydrogens is 202 g/mol. The number of fused-ring (bicyclic) bond motifs is 3. The minimum absolute atomic E-state index is 0.179. The van der Waals surface area contributed by atoms with Crippen LogP contribution in [0.4, 0.5) is 0 Å². The standard InChI is InChI=1S/C12H19N3O/c1-9-14-10(16-15-9)12-5-2-11(8-13,3-6-12)4-7-12/h2-8,13H2,1H3. The quantitative estimate of drug-likeness (QED) is 0.828. The summed E-state index contributed by atoms with van der Waals surface area (Å²) in [6, 6.07) is 0. The maximum absolute atomic E-state index is 5.91. The van der Waals surface area contributed by atoms with E-state index in [0.717, 1.165) is 18.3 Å². The molecule has 0 aliphatic heterocycles. The van der Waals surface area contributed by atoms with E-state index in [9.17, 15) is 0 Å². The second kappa shape index (κ2) is 3.29. The molecule has 0 amide bonds. The lowest BCUT2D eigenvalue weighted by Gasteiger charge is -2.51. The molecular formula is C12H19N3O. The Labute approximate surface area is 95.6 Å². The Morgan fingerprint density at radius 1 is 1.19 bits per heavy atom. The molecule has 2 bridgehead atoms. The molecule has 16 heavy (non-hydrogen) atoms. The maximum atomic E-state index is 5.91. The minimum atomic E-state index is 0.179. The molecule has 3 aliphatic rings. The lowest BCUT2D eigenvalue weighted by atomic mass is 9.53. The lowest BCUT2D eigenvalue weighted by molar-refractivity contribution is 0.0292. The van der Waals surface area contributed by atoms with Gasteiger partial charge in [-0.15, -0.1) is 0 Å². The number of rotatable bonds is 2. The summed E-state index contributed by atoms with van der Waals surface area (Å²) in [5.74, 6) is 1.63. The van der Waals surface area contributed by atoms with E-state index in [-0.39, 0.29) is 5.41 Å². The topological polar surface area (TPSA) is 64.9 Å². The van der Waals surface area contributed by atoms with Crippen LogP contribution in [0.15, 0.2) is 4.52 Å². The highest BCUT2D eigenvalue weighted by Gasteiger charge is 2.51. The predicted octanol–water partition coefficient (Wildman–Crippen LogP) is 1.93. The predicted molar refractivity (Wildman–Crippen MR) is 59.9 cm³/mol. The van der Waals surface area contributed by atoms with Crippen LogP contribution < -0.4 is 5.73 Å². The number of hydrogen-bond donors (Lipinski definition) is 1. The summed E-state index contributed by atoms with van der Waals surface area (Å²) in [4.78, 5) is 4.44. The Balaban J connectivity index is 1.88. The van der Waals surface area contributed by atoms with E-state index in [0.29, 0.717) is 5.41 Å². The average molecular weight is 221 g/mol. The van der Waals surface area contributed by atoms with E-state index in [2.05, 4.69) is 10.1 Å². The van der Waals surface area contributed by atoms with Crippen molar-refractivity contribution < 1.29 is 4.52 Å². The van der Waals surface area contributed by atoms with Crippen molar-refractivity contribution in [1.29, 1.82) is 0 Å². The Morgan fingerprint density at radius 3 is 2.25 bits per heavy atom. The first-order valence-corrected chi connectivity index (χ1v) is 6.19. The molecule has 0 atom stereocenters. The van der Waals surface area contributed by atoms with Crippen molar-refractivity contribution in [2.45, 2.75) is 50.9 Å². The monoisotopic (exact) mass is 221 g/mol. The molecule has 4 rings (SSSR count). The van der Waals surface area contributed by atoms with Gasteiger partial charge in [-0.2, -0.15) is 4.98 Å². The third-order valence-corrected chi connectivity index (χ3v) is 4.82. The summed E-state index contributed by atoms with van der Waals surface area (Å²) in [5, 5.41) is 3.93. The van der Waals surface area contributed by atoms with Gasteiger partial charge in [-0.05, 0) is 57.4 Å². The van der Waals surface area contributed by atoms with Crippen LogP contribution in [0.2, 0.25) is 0 Å². The smallest absolute Gasteiger partial charge is 0.232 e. The summed E-state index contributed by atoms with van der Waals surface area (Å²) in [7, 11) is 0. The molecule has 1 heterocycles. The number of nitrogens with two attached hydrogens (primary N) is 1. The molecule has 1 aromatic rings. The van der Waals surface area contributed by atoms with Gasteiger partial charge in [0.25, 0.3) is 0 Å². The number of hydrogen-bond acceptors (Lipinski definition) is 4. The number of aromatic nitrogens is 2. The fraction of sp³-hybridized carbons (Fsp3) is 0.833. The van der Waals surface area contributed by atoms with Crippen molar-refractivity contribution in [3.63, 3.8) is 0 Å². The lowest BCUT2D eigenvalue weighted by Crippen LogP contribution is -2.47. The van der Waals surface area contributed by atoms with Crippen LogP contribution >= 0.6 is 0 Å². The van der Waals surface area contributed by atoms with Gasteiger partial charge >= 0.3 is 0 Å². The van der Waals surface area contributed by atoms with Crippen molar-refractivity contribution in [3.8, 4) is 0 Å². The second-order valence-corrected chi connectivity index (χ2v) is 5.63. The Bertz CT molecular complexity index is 374. The zero-order valence-electron chi connectivity index (χ0n) is 9.83. The van der Waals surface area contributed by atoms with Gasteiger partial charge < -0.3 is 10.3 Å². The molecule has 88 valence electrons. The van der Waals surface area contributed by atoms with Gasteiger partial charge in [0.15, 0.2) is 5.82 Å². The van der Waals surface area contributed by atoms with Crippen molar-refractivity contribution in [2.75, 3.05) is 6.54 Å². The highest BCUT2D eigenvalue weighted by atomic mass is 16.5. The zero-order chi connectivity index (χ0) is 11.2. The van der Waals surface area contributed by atoms with Gasteiger partial charge in [0, 0.05) is 5.41 Å². The van der Waals surface area contributed by atoms with Crippen LogP contribution in [-0.2, 0) is 5.41 Å². The largest absolute Gasteiger partial charge is 0.339 e. The summed E-state index contributed by atoms with van der Waals surface area (Å²) >= 11 is 0. The van der Waals surface area contributed by atoms with E-state index >= 15 is 0 Å². The van der Waals surface area contributed by atoms with Crippen molar-refractivity contribution in [2.24, 2.45) is 11.1 Å². The van der Waals surface area contributed by atoms with Gasteiger partial charge in [-0.25, -0.2) is 0 Å². The normalized spacial score (nSPS) is 37.9. The van der Waals surface area contributed by atoms with Crippen molar-refractivity contribution in [3.05, 3.63) is 11.7 Å². The summed E-state index contributed by atoms with van der Waals surface area (Å²) < 4.78 is 5.40. The Hall–Kier alpha value is -0.900. The number of nitrogens with zero attached hydrogens (tertiary/aromatic N) is 2. The Morgan fingerprint density at radius 2 is 1.81 bits per heavy atom. The molecule has 3 aliphatic carbocycles. The van der Waals surface area contributed by atoms with Gasteiger partial charge in [0.2, 0.25) is 5.89 Å². The fourth-order valence-electron chi connectivity index (χ4n) is 3.40. The molecule has 0 saturated heterocycles. The second-order valence-electron chi connectivity index (χ2n) is 5.63. The van der Waals surface area contributed by atoms with Crippen molar-refractivity contribution >= 4 is 0 Å². The molecule has 1 aromatic heterocycles. The van der Waals surface area contributed by atoms with Gasteiger partial charge in [-0.1, -0.05) is 5.16 Å². The molecule has 0 spiro atoms. The molecule has 4 heteroatoms. The van der Waals surface area contributed by atoms with Gasteiger partial charge in [0.1, 0.15) is 0 Å². The van der Waals surface area contributed by atoms with E-state index in [4.69, 9.17) is 10.3 Å². The first-order chi connectivity index (χ1) is 7.68. The van der Waals surface area contributed by atoms with Crippen LogP contribution in [-0.4, -0.2) is 16.7 Å². The van der Waals surface area contributed by atoms with Crippen molar-refractivity contribution in [1.82, 2.24) is 10.1 Å². The van der Waals surface area contributed by atoms with Gasteiger partial charge in [-0.3, -0.25) is 0 Å². The SMILES string of the molecule is Cc1noc(C23CCC(CN)(CC2)CC3)n1. The van der Waals surface area contributed by atoms with E-state index < -0.39 is 0 Å². The van der Waals surface area contributed by atoms with Crippen LogP contribution in [0, 0.1) is 12.3 Å². The van der Waals surface area contributed by atoms with Crippen LogP contribution in [0.1, 0.15) is 50.2 Å². The zero-order valence-corrected chi connectivity index (χ0v) is 9.83. The third kappa shape index (κ3) is 1.32. The molecule has 0 aromatic carbocycles. The molecule has 0 radical (unpaired) electrons. The van der Waals surface area contributed by atoms with Crippen LogP contribution in [0.3, 0.4) is 0 Å². The van der Waals surface area contributed by atoms with Crippen LogP contribution in [0.25, 0.3) is 0 Å². The highest BCUT2D eigenvalue weighted by Crippen LogP contribution is 2.56. The fourth-order valence-corrected chi connectivity index (χ4v) is 3.40. The first kappa shape index (κ1) is 10.3. The summed E-state index contributed by atoms with van der Waals surface area (Å²) in [5.41, 5.74) is 6.51. The molecule has 3 fully saturated rings. The third-order valence-electron chi connectivity index (χ3n) is 4.82.